The van der Waals surface area contributed by atoms with Gasteiger partial charge in [0.15, 0.2) is 0 Å². The van der Waals surface area contributed by atoms with Gasteiger partial charge in [0.05, 0.1) is 18.6 Å². The van der Waals surface area contributed by atoms with E-state index >= 15 is 0 Å². The van der Waals surface area contributed by atoms with Gasteiger partial charge in [-0.25, -0.2) is 0 Å². The smallest absolute Gasteiger partial charge is 0.313 e. The summed E-state index contributed by atoms with van der Waals surface area (Å²) in [4.78, 5) is 60.7. The first-order chi connectivity index (χ1) is 21.2. The molecule has 1 aromatic carbocycles. The molecule has 4 aliphatic heterocycles. The van der Waals surface area contributed by atoms with Gasteiger partial charge in [-0.3, -0.25) is 19.2 Å². The maximum Gasteiger partial charge on any atom is 0.313 e. The highest BCUT2D eigenvalue weighted by Gasteiger charge is 2.75. The number of amides is 3. The number of benzene rings is 1. The Morgan fingerprint density at radius 3 is 2.48 bits per heavy atom. The molecular formula is C33H42BrN3O7. The Bertz CT molecular complexity index is 1320. The van der Waals surface area contributed by atoms with Crippen molar-refractivity contribution in [3.63, 3.8) is 0 Å². The molecule has 1 N–H and O–H groups in total. The van der Waals surface area contributed by atoms with Crippen LogP contribution >= 0.6 is 15.9 Å². The topological polar surface area (TPSA) is 117 Å². The summed E-state index contributed by atoms with van der Waals surface area (Å²) in [6, 6.07) is 7.68. The number of cyclic esters (lactones) is 1. The number of carbonyl (C=O) groups is 4. The van der Waals surface area contributed by atoms with Crippen LogP contribution in [0.25, 0.3) is 0 Å². The molecule has 0 radical (unpaired) electrons. The second-order valence-corrected chi connectivity index (χ2v) is 13.0. The number of nitrogens with zero attached hydrogens (tertiary/aromatic N) is 3. The summed E-state index contributed by atoms with van der Waals surface area (Å²) in [5, 5.41) is 9.95. The van der Waals surface area contributed by atoms with Crippen molar-refractivity contribution in [3.8, 4) is 0 Å². The number of aliphatic hydroxyl groups excluding tert-OH is 1. The zero-order valence-electron chi connectivity index (χ0n) is 25.6. The summed E-state index contributed by atoms with van der Waals surface area (Å²) >= 11 is 3.57. The molecule has 11 heteroatoms. The van der Waals surface area contributed by atoms with Crippen molar-refractivity contribution in [1.82, 2.24) is 14.7 Å². The van der Waals surface area contributed by atoms with E-state index < -0.39 is 53.6 Å². The van der Waals surface area contributed by atoms with Gasteiger partial charge in [-0.2, -0.15) is 0 Å². The van der Waals surface area contributed by atoms with Gasteiger partial charge in [0, 0.05) is 37.6 Å². The number of ether oxygens (including phenoxy) is 2. The monoisotopic (exact) mass is 671 g/mol. The molecule has 0 aliphatic carbocycles. The fraction of sp³-hybridized carbons (Fsp3) is 0.576. The molecule has 4 aliphatic rings. The molecule has 4 heterocycles. The Morgan fingerprint density at radius 2 is 1.77 bits per heavy atom. The van der Waals surface area contributed by atoms with Crippen molar-refractivity contribution in [2.24, 2.45) is 11.8 Å². The SMILES string of the molecule is CCCCCN1C/C=C\CCC(=O)N(C)[C@H](C)[C@@H](c2ccccc2)OC(=O)[C@@H]2[C@H]3O[C@@]4(C=C3Br)[C@H](C1=O)N(CCO)C(=O)[C@@H]24. The highest BCUT2D eigenvalue weighted by molar-refractivity contribution is 9.11. The van der Waals surface area contributed by atoms with E-state index in [0.29, 0.717) is 24.0 Å². The molecule has 7 atom stereocenters. The first-order valence-electron chi connectivity index (χ1n) is 15.6. The number of fused-ring (bicyclic) bond motifs is 2. The minimum atomic E-state index is -1.39. The highest BCUT2D eigenvalue weighted by Crippen LogP contribution is 2.59. The van der Waals surface area contributed by atoms with E-state index in [0.717, 1.165) is 24.8 Å². The fourth-order valence-electron chi connectivity index (χ4n) is 7.06. The summed E-state index contributed by atoms with van der Waals surface area (Å²) in [5.41, 5.74) is -0.674. The Morgan fingerprint density at radius 1 is 1.02 bits per heavy atom. The second-order valence-electron chi connectivity index (χ2n) is 12.1. The fourth-order valence-corrected chi connectivity index (χ4v) is 7.79. The first kappa shape index (κ1) is 32.4. The number of esters is 1. The number of halogens is 1. The van der Waals surface area contributed by atoms with Gasteiger partial charge in [-0.15, -0.1) is 0 Å². The Balaban J connectivity index is 1.59. The van der Waals surface area contributed by atoms with Crippen LogP contribution in [0, 0.1) is 11.8 Å². The number of hydrogen-bond donors (Lipinski definition) is 1. The van der Waals surface area contributed by atoms with Gasteiger partial charge in [0.2, 0.25) is 17.7 Å². The normalized spacial score (nSPS) is 33.5. The number of carbonyl (C=O) groups excluding carboxylic acids is 4. The molecule has 10 nitrogen and oxygen atoms in total. The van der Waals surface area contributed by atoms with Gasteiger partial charge in [-0.05, 0) is 31.4 Å². The van der Waals surface area contributed by atoms with Crippen molar-refractivity contribution in [2.45, 2.75) is 75.8 Å². The van der Waals surface area contributed by atoms with E-state index in [1.54, 1.807) is 22.9 Å². The van der Waals surface area contributed by atoms with Gasteiger partial charge >= 0.3 is 5.97 Å². The molecule has 3 amide bonds. The number of likely N-dealkylation sites (N-methyl/N-ethyl adjacent to an activating group) is 1. The van der Waals surface area contributed by atoms with Crippen LogP contribution in [0.4, 0.5) is 0 Å². The van der Waals surface area contributed by atoms with E-state index in [1.165, 1.54) is 4.90 Å². The molecule has 1 aromatic rings. The summed E-state index contributed by atoms with van der Waals surface area (Å²) in [6.45, 7) is 4.30. The molecule has 238 valence electrons. The number of unbranched alkanes of at least 4 members (excludes halogenated alkanes) is 2. The molecule has 0 saturated carbocycles. The van der Waals surface area contributed by atoms with E-state index in [2.05, 4.69) is 22.9 Å². The predicted molar refractivity (Wildman–Crippen MR) is 166 cm³/mol. The standard InChI is InChI=1S/C33H42BrN3O7/c1-4-5-11-16-36-17-12-7-10-15-24(39)35(3)21(2)27(22-13-8-6-9-14-22)43-32(42)25-26-30(40)37(18-19-38)29(31(36)41)33(26)20-23(34)28(25)44-33/h6-9,12-14,20-21,25-29,38H,4-5,10-11,15-19H2,1-3H3/b12-7-/t21-,25+,26-,27+,28+,29+,33-/m1/s1. The minimum absolute atomic E-state index is 0.0655. The molecule has 5 rings (SSSR count). The summed E-state index contributed by atoms with van der Waals surface area (Å²) in [5.74, 6) is -3.47. The lowest BCUT2D eigenvalue weighted by molar-refractivity contribution is -0.164. The molecule has 0 unspecified atom stereocenters. The van der Waals surface area contributed by atoms with Crippen molar-refractivity contribution in [1.29, 1.82) is 0 Å². The zero-order chi connectivity index (χ0) is 31.6. The number of β-amino-alcohol motifs (C(OH)–C–C–N with tert-alkyl or cyclic N) is 1. The molecule has 44 heavy (non-hydrogen) atoms. The third kappa shape index (κ3) is 5.74. The van der Waals surface area contributed by atoms with Crippen LogP contribution in [0.5, 0.6) is 0 Å². The van der Waals surface area contributed by atoms with Crippen molar-refractivity contribution in [3.05, 3.63) is 58.6 Å². The van der Waals surface area contributed by atoms with Crippen molar-refractivity contribution < 1.29 is 33.8 Å². The van der Waals surface area contributed by atoms with Crippen molar-refractivity contribution in [2.75, 3.05) is 33.3 Å². The summed E-state index contributed by atoms with van der Waals surface area (Å²) < 4.78 is 13.3. The van der Waals surface area contributed by atoms with E-state index in [9.17, 15) is 24.3 Å². The maximum absolute atomic E-state index is 14.4. The summed E-state index contributed by atoms with van der Waals surface area (Å²) in [7, 11) is 1.70. The quantitative estimate of drug-likeness (QED) is 0.269. The molecule has 2 fully saturated rings. The van der Waals surface area contributed by atoms with Crippen LogP contribution in [0.1, 0.15) is 57.6 Å². The molecule has 1 spiro atoms. The Hall–Kier alpha value is -3.02. The van der Waals surface area contributed by atoms with Gasteiger partial charge in [0.25, 0.3) is 0 Å². The van der Waals surface area contributed by atoms with Crippen LogP contribution in [-0.2, 0) is 28.7 Å². The lowest BCUT2D eigenvalue weighted by Gasteiger charge is -2.35. The summed E-state index contributed by atoms with van der Waals surface area (Å²) in [6.07, 6.45) is 7.39. The third-order valence-corrected chi connectivity index (χ3v) is 10.1. The maximum atomic E-state index is 14.4. The van der Waals surface area contributed by atoms with E-state index in [1.807, 2.05) is 49.4 Å². The predicted octanol–water partition coefficient (Wildman–Crippen LogP) is 3.35. The largest absolute Gasteiger partial charge is 0.455 e. The Kier molecular flexibility index (Phi) is 9.96. The third-order valence-electron chi connectivity index (χ3n) is 9.45. The average Bonchev–Trinajstić information content (AvgIpc) is 3.61. The number of likely N-dealkylation sites (tertiary alicyclic amines) is 1. The van der Waals surface area contributed by atoms with Gasteiger partial charge < -0.3 is 29.3 Å². The number of allylic oxidation sites excluding steroid dienone is 1. The number of hydrogen-bond acceptors (Lipinski definition) is 7. The first-order valence-corrected chi connectivity index (χ1v) is 16.4. The van der Waals surface area contributed by atoms with E-state index in [-0.39, 0.29) is 31.4 Å². The van der Waals surface area contributed by atoms with Gasteiger partial charge in [0.1, 0.15) is 29.8 Å². The average molecular weight is 673 g/mol. The van der Waals surface area contributed by atoms with Crippen LogP contribution in [0.2, 0.25) is 0 Å². The van der Waals surface area contributed by atoms with Crippen LogP contribution in [0.3, 0.4) is 0 Å². The highest BCUT2D eigenvalue weighted by atomic mass is 79.9. The Labute approximate surface area is 267 Å². The van der Waals surface area contributed by atoms with Crippen LogP contribution < -0.4 is 0 Å². The van der Waals surface area contributed by atoms with Gasteiger partial charge in [-0.1, -0.05) is 78.2 Å². The van der Waals surface area contributed by atoms with Crippen molar-refractivity contribution >= 4 is 39.6 Å². The molecule has 2 saturated heterocycles. The lowest BCUT2D eigenvalue weighted by atomic mass is 9.74. The minimum Gasteiger partial charge on any atom is -0.455 e. The molecular weight excluding hydrogens is 630 g/mol. The number of rotatable bonds is 7. The van der Waals surface area contributed by atoms with E-state index in [4.69, 9.17) is 9.47 Å². The molecule has 5 bridgehead atoms. The second kappa shape index (κ2) is 13.5. The zero-order valence-corrected chi connectivity index (χ0v) is 27.1. The molecule has 0 aromatic heterocycles. The van der Waals surface area contributed by atoms with Crippen LogP contribution in [-0.4, -0.2) is 101 Å². The lowest BCUT2D eigenvalue weighted by Crippen LogP contribution is -2.56. The van der Waals surface area contributed by atoms with Crippen LogP contribution in [0.15, 0.2) is 53.0 Å². The number of aliphatic hydroxyl groups is 1.